The van der Waals surface area contributed by atoms with Gasteiger partial charge < -0.3 is 15.4 Å². The summed E-state index contributed by atoms with van der Waals surface area (Å²) in [5.74, 6) is 0.986. The molecule has 1 atom stereocenters. The Hall–Kier alpha value is -2.36. The minimum absolute atomic E-state index is 0.137. The zero-order valence-electron chi connectivity index (χ0n) is 13.4. The molecule has 2 aromatic rings. The van der Waals surface area contributed by atoms with E-state index in [1.807, 2.05) is 19.1 Å². The molecule has 1 aliphatic rings. The summed E-state index contributed by atoms with van der Waals surface area (Å²) in [6, 6.07) is 9.19. The summed E-state index contributed by atoms with van der Waals surface area (Å²) in [7, 11) is 0. The highest BCUT2D eigenvalue weighted by atomic mass is 35.5. The number of hydrogen-bond donors (Lipinski definition) is 1. The first kappa shape index (κ1) is 16.5. The minimum atomic E-state index is -0.137. The Balaban J connectivity index is 2.07. The molecule has 0 amide bonds. The summed E-state index contributed by atoms with van der Waals surface area (Å²) in [4.78, 5) is 10.6. The molecule has 3 rings (SSSR count). The van der Waals surface area contributed by atoms with Gasteiger partial charge in [-0.1, -0.05) is 11.6 Å². The van der Waals surface area contributed by atoms with Crippen LogP contribution < -0.4 is 10.6 Å². The molecule has 0 saturated carbocycles. The van der Waals surface area contributed by atoms with Crippen molar-refractivity contribution < 1.29 is 4.74 Å². The molecule has 1 aromatic heterocycles. The lowest BCUT2D eigenvalue weighted by Crippen LogP contribution is -2.32. The Labute approximate surface area is 145 Å². The van der Waals surface area contributed by atoms with Crippen LogP contribution in [0.4, 0.5) is 11.8 Å². The van der Waals surface area contributed by atoms with Gasteiger partial charge in [-0.3, -0.25) is 0 Å². The smallest absolute Gasteiger partial charge is 0.222 e. The van der Waals surface area contributed by atoms with Crippen molar-refractivity contribution in [3.8, 4) is 6.07 Å². The van der Waals surface area contributed by atoms with Gasteiger partial charge in [0.05, 0.1) is 24.3 Å². The number of aryl methyl sites for hydroxylation is 1. The van der Waals surface area contributed by atoms with Crippen molar-refractivity contribution in [2.24, 2.45) is 0 Å². The van der Waals surface area contributed by atoms with E-state index in [4.69, 9.17) is 22.1 Å². The van der Waals surface area contributed by atoms with Crippen LogP contribution >= 0.6 is 11.6 Å². The minimum Gasteiger partial charge on any atom is -0.379 e. The quantitative estimate of drug-likeness (QED) is 0.902. The van der Waals surface area contributed by atoms with Crippen LogP contribution in [0.5, 0.6) is 0 Å². The maximum atomic E-state index is 9.19. The standard InChI is InChI=1S/C17H18ClN5O/c1-11-7-16(22-17(20)21-11)23-5-2-6-24-10-15(23)13-8-12(9-19)3-4-14(13)18/h3-4,7-8,15H,2,5-6,10H2,1H3,(H2,20,21,22)/t15-/m0/s1. The van der Waals surface area contributed by atoms with E-state index in [9.17, 15) is 5.26 Å². The number of halogens is 1. The van der Waals surface area contributed by atoms with Crippen molar-refractivity contribution in [1.82, 2.24) is 9.97 Å². The van der Waals surface area contributed by atoms with Gasteiger partial charge in [0.1, 0.15) is 5.82 Å². The van der Waals surface area contributed by atoms with E-state index in [0.717, 1.165) is 30.0 Å². The molecule has 0 spiro atoms. The second kappa shape index (κ2) is 7.04. The van der Waals surface area contributed by atoms with Gasteiger partial charge in [-0.05, 0) is 37.1 Å². The van der Waals surface area contributed by atoms with E-state index in [1.54, 1.807) is 12.1 Å². The van der Waals surface area contributed by atoms with E-state index >= 15 is 0 Å². The van der Waals surface area contributed by atoms with Crippen molar-refractivity contribution >= 4 is 23.4 Å². The highest BCUT2D eigenvalue weighted by Crippen LogP contribution is 2.33. The largest absolute Gasteiger partial charge is 0.379 e. The Morgan fingerprint density at radius 3 is 2.96 bits per heavy atom. The molecule has 1 fully saturated rings. The molecule has 0 aliphatic carbocycles. The lowest BCUT2D eigenvalue weighted by atomic mass is 10.0. The van der Waals surface area contributed by atoms with Crippen molar-refractivity contribution in [1.29, 1.82) is 5.26 Å². The normalized spacial score (nSPS) is 18.0. The van der Waals surface area contributed by atoms with Crippen molar-refractivity contribution in [2.45, 2.75) is 19.4 Å². The molecule has 124 valence electrons. The number of nitrogens with two attached hydrogens (primary N) is 1. The number of nitrogens with zero attached hydrogens (tertiary/aromatic N) is 4. The van der Waals surface area contributed by atoms with Gasteiger partial charge in [-0.15, -0.1) is 0 Å². The van der Waals surface area contributed by atoms with E-state index in [0.29, 0.717) is 23.8 Å². The molecule has 2 heterocycles. The monoisotopic (exact) mass is 343 g/mol. The third-order valence-electron chi connectivity index (χ3n) is 3.98. The fourth-order valence-corrected chi connectivity index (χ4v) is 3.14. The average molecular weight is 344 g/mol. The molecule has 24 heavy (non-hydrogen) atoms. The maximum Gasteiger partial charge on any atom is 0.222 e. The lowest BCUT2D eigenvalue weighted by Gasteiger charge is -2.31. The molecular weight excluding hydrogens is 326 g/mol. The van der Waals surface area contributed by atoms with Gasteiger partial charge in [0, 0.05) is 29.9 Å². The third kappa shape index (κ3) is 3.42. The number of benzene rings is 1. The van der Waals surface area contributed by atoms with Gasteiger partial charge >= 0.3 is 0 Å². The van der Waals surface area contributed by atoms with Crippen LogP contribution in [0, 0.1) is 18.3 Å². The van der Waals surface area contributed by atoms with Crippen LogP contribution in [-0.4, -0.2) is 29.7 Å². The molecule has 1 aliphatic heterocycles. The molecule has 0 bridgehead atoms. The summed E-state index contributed by atoms with van der Waals surface area (Å²) in [5.41, 5.74) is 8.04. The van der Waals surface area contributed by atoms with Gasteiger partial charge in [-0.25, -0.2) is 4.98 Å². The number of ether oxygens (including phenoxy) is 1. The molecule has 0 unspecified atom stereocenters. The number of nitrogen functional groups attached to an aromatic ring is 1. The van der Waals surface area contributed by atoms with Gasteiger partial charge in [0.2, 0.25) is 5.95 Å². The topological polar surface area (TPSA) is 88.1 Å². The van der Waals surface area contributed by atoms with Crippen molar-refractivity contribution in [3.63, 3.8) is 0 Å². The van der Waals surface area contributed by atoms with Crippen LogP contribution in [-0.2, 0) is 4.74 Å². The van der Waals surface area contributed by atoms with Gasteiger partial charge in [0.25, 0.3) is 0 Å². The fourth-order valence-electron chi connectivity index (χ4n) is 2.90. The average Bonchev–Trinajstić information content (AvgIpc) is 2.80. The number of nitriles is 1. The van der Waals surface area contributed by atoms with E-state index in [-0.39, 0.29) is 12.0 Å². The van der Waals surface area contributed by atoms with Crippen molar-refractivity contribution in [3.05, 3.63) is 46.1 Å². The second-order valence-corrected chi connectivity index (χ2v) is 6.12. The first-order chi connectivity index (χ1) is 11.6. The number of hydrogen-bond acceptors (Lipinski definition) is 6. The fraction of sp³-hybridized carbons (Fsp3) is 0.353. The van der Waals surface area contributed by atoms with E-state index < -0.39 is 0 Å². The highest BCUT2D eigenvalue weighted by Gasteiger charge is 2.27. The molecule has 0 radical (unpaired) electrons. The lowest BCUT2D eigenvalue weighted by molar-refractivity contribution is 0.134. The number of aromatic nitrogens is 2. The molecular formula is C17H18ClN5O. The molecule has 7 heteroatoms. The van der Waals surface area contributed by atoms with E-state index in [1.165, 1.54) is 0 Å². The van der Waals surface area contributed by atoms with Crippen LogP contribution in [0.25, 0.3) is 0 Å². The Morgan fingerprint density at radius 2 is 2.21 bits per heavy atom. The van der Waals surface area contributed by atoms with E-state index in [2.05, 4.69) is 20.9 Å². The predicted molar refractivity (Wildman–Crippen MR) is 92.9 cm³/mol. The van der Waals surface area contributed by atoms with Crippen LogP contribution in [0.1, 0.15) is 29.3 Å². The van der Waals surface area contributed by atoms with Crippen LogP contribution in [0.2, 0.25) is 5.02 Å². The Bertz CT molecular complexity index is 769. The summed E-state index contributed by atoms with van der Waals surface area (Å²) in [6.07, 6.45) is 0.870. The highest BCUT2D eigenvalue weighted by molar-refractivity contribution is 6.31. The predicted octanol–water partition coefficient (Wildman–Crippen LogP) is 2.86. The molecule has 1 saturated heterocycles. The third-order valence-corrected chi connectivity index (χ3v) is 4.32. The molecule has 1 aromatic carbocycles. The van der Waals surface area contributed by atoms with Crippen molar-refractivity contribution in [2.75, 3.05) is 30.4 Å². The summed E-state index contributed by atoms with van der Waals surface area (Å²) < 4.78 is 5.74. The first-order valence-electron chi connectivity index (χ1n) is 7.73. The molecule has 2 N–H and O–H groups in total. The zero-order chi connectivity index (χ0) is 17.1. The Morgan fingerprint density at radius 1 is 1.38 bits per heavy atom. The zero-order valence-corrected chi connectivity index (χ0v) is 14.1. The summed E-state index contributed by atoms with van der Waals surface area (Å²) >= 11 is 6.41. The number of anilines is 2. The SMILES string of the molecule is Cc1cc(N2CCCOC[C@H]2c2cc(C#N)ccc2Cl)nc(N)n1. The summed E-state index contributed by atoms with van der Waals surface area (Å²) in [5, 5.41) is 9.79. The summed E-state index contributed by atoms with van der Waals surface area (Å²) in [6.45, 7) is 3.78. The Kier molecular flexibility index (Phi) is 4.84. The van der Waals surface area contributed by atoms with Gasteiger partial charge in [-0.2, -0.15) is 10.2 Å². The van der Waals surface area contributed by atoms with Crippen LogP contribution in [0.15, 0.2) is 24.3 Å². The first-order valence-corrected chi connectivity index (χ1v) is 8.11. The van der Waals surface area contributed by atoms with Crippen LogP contribution in [0.3, 0.4) is 0 Å². The molecule has 6 nitrogen and oxygen atoms in total. The number of rotatable bonds is 2. The maximum absolute atomic E-state index is 9.19. The van der Waals surface area contributed by atoms with Gasteiger partial charge in [0.15, 0.2) is 0 Å². The second-order valence-electron chi connectivity index (χ2n) is 5.71.